The smallest absolute Gasteiger partial charge is 0.305 e. The number of hydrogen-bond acceptors (Lipinski definition) is 4. The second kappa shape index (κ2) is 15.3. The summed E-state index contributed by atoms with van der Waals surface area (Å²) in [5.74, 6) is -0.678. The van der Waals surface area contributed by atoms with Crippen molar-refractivity contribution in [3.63, 3.8) is 0 Å². The monoisotopic (exact) mass is 325 g/mol. The number of esters is 1. The molecule has 5 nitrogen and oxygen atoms in total. The van der Waals surface area contributed by atoms with Crippen molar-refractivity contribution >= 4 is 17.8 Å². The molecule has 0 atom stereocenters. The van der Waals surface area contributed by atoms with Gasteiger partial charge in [-0.3, -0.25) is 19.7 Å². The molecule has 0 aliphatic carbocycles. The van der Waals surface area contributed by atoms with Gasteiger partial charge >= 0.3 is 5.97 Å². The molecule has 0 saturated carbocycles. The van der Waals surface area contributed by atoms with E-state index in [0.29, 0.717) is 13.0 Å². The maximum Gasteiger partial charge on any atom is 0.305 e. The lowest BCUT2D eigenvalue weighted by Crippen LogP contribution is -2.19. The van der Waals surface area contributed by atoms with Crippen LogP contribution in [0.4, 0.5) is 0 Å². The van der Waals surface area contributed by atoms with Gasteiger partial charge in [-0.2, -0.15) is 0 Å². The molecule has 132 valence electrons. The second-order valence-electron chi connectivity index (χ2n) is 5.63. The van der Waals surface area contributed by atoms with Gasteiger partial charge in [0, 0.05) is 18.6 Å². The van der Waals surface area contributed by atoms with Crippen LogP contribution in [0.15, 0.2) is 12.2 Å². The molecule has 0 aromatic rings. The molecule has 23 heavy (non-hydrogen) atoms. The molecule has 1 aliphatic heterocycles. The Morgan fingerprint density at radius 1 is 0.870 bits per heavy atom. The number of rotatable bonds is 11. The molecule has 0 unspecified atom stereocenters. The number of carbonyl (C=O) groups excluding carboxylic acids is 3. The highest BCUT2D eigenvalue weighted by molar-refractivity contribution is 6.12. The molecule has 0 bridgehead atoms. The van der Waals surface area contributed by atoms with E-state index in [1.165, 1.54) is 57.1 Å². The number of hydrogen-bond donors (Lipinski definition) is 1. The molecule has 0 aromatic heterocycles. The minimum Gasteiger partial charge on any atom is -0.466 e. The van der Waals surface area contributed by atoms with Gasteiger partial charge in [-0.05, 0) is 12.8 Å². The van der Waals surface area contributed by atoms with Crippen molar-refractivity contribution in [2.24, 2.45) is 0 Å². The van der Waals surface area contributed by atoms with E-state index in [2.05, 4.69) is 6.92 Å². The summed E-state index contributed by atoms with van der Waals surface area (Å²) in [6.07, 6.45) is 14.1. The average molecular weight is 325 g/mol. The second-order valence-corrected chi connectivity index (χ2v) is 5.63. The fourth-order valence-electron chi connectivity index (χ4n) is 2.05. The van der Waals surface area contributed by atoms with E-state index in [1.54, 1.807) is 0 Å². The first-order valence-electron chi connectivity index (χ1n) is 8.78. The zero-order valence-electron chi connectivity index (χ0n) is 14.6. The van der Waals surface area contributed by atoms with Gasteiger partial charge in [0.15, 0.2) is 0 Å². The minimum atomic E-state index is -0.329. The van der Waals surface area contributed by atoms with Crippen LogP contribution in [0.25, 0.3) is 0 Å². The van der Waals surface area contributed by atoms with E-state index in [-0.39, 0.29) is 17.8 Å². The Bertz CT molecular complexity index is 361. The van der Waals surface area contributed by atoms with Crippen LogP contribution in [0.5, 0.6) is 0 Å². The van der Waals surface area contributed by atoms with E-state index in [0.717, 1.165) is 12.8 Å². The van der Waals surface area contributed by atoms with Gasteiger partial charge in [-0.1, -0.05) is 58.8 Å². The summed E-state index contributed by atoms with van der Waals surface area (Å²) in [4.78, 5) is 31.2. The molecule has 1 aliphatic rings. The van der Waals surface area contributed by atoms with Gasteiger partial charge < -0.3 is 4.74 Å². The Labute approximate surface area is 139 Å². The maximum atomic E-state index is 11.2. The highest BCUT2D eigenvalue weighted by atomic mass is 16.5. The third-order valence-corrected chi connectivity index (χ3v) is 3.33. The highest BCUT2D eigenvalue weighted by Gasteiger charge is 2.06. The fourth-order valence-corrected chi connectivity index (χ4v) is 2.05. The van der Waals surface area contributed by atoms with Crippen LogP contribution >= 0.6 is 0 Å². The predicted octanol–water partition coefficient (Wildman–Crippen LogP) is 3.67. The summed E-state index contributed by atoms with van der Waals surface area (Å²) in [6, 6.07) is 0. The number of unbranched alkanes of at least 4 members (excludes halogenated alkanes) is 7. The number of imide groups is 1. The van der Waals surface area contributed by atoms with Crippen molar-refractivity contribution in [3.8, 4) is 0 Å². The van der Waals surface area contributed by atoms with Crippen molar-refractivity contribution in [1.29, 1.82) is 0 Å². The molecule has 0 spiro atoms. The molecule has 5 heteroatoms. The lowest BCUT2D eigenvalue weighted by molar-refractivity contribution is -0.143. The van der Waals surface area contributed by atoms with E-state index in [1.807, 2.05) is 12.2 Å². The normalized spacial score (nSPS) is 12.6. The Hall–Kier alpha value is -1.65. The molecule has 1 heterocycles. The summed E-state index contributed by atoms with van der Waals surface area (Å²) >= 11 is 0. The van der Waals surface area contributed by atoms with Gasteiger partial charge in [-0.25, -0.2) is 0 Å². The lowest BCUT2D eigenvalue weighted by atomic mass is 10.1. The van der Waals surface area contributed by atoms with Crippen molar-refractivity contribution < 1.29 is 19.1 Å². The van der Waals surface area contributed by atoms with E-state index in [9.17, 15) is 14.4 Å². The molecule has 2 amide bonds. The highest BCUT2D eigenvalue weighted by Crippen LogP contribution is 2.09. The molecule has 0 saturated heterocycles. The van der Waals surface area contributed by atoms with E-state index >= 15 is 0 Å². The summed E-state index contributed by atoms with van der Waals surface area (Å²) in [5, 5.41) is 2.03. The zero-order valence-corrected chi connectivity index (χ0v) is 14.6. The van der Waals surface area contributed by atoms with Gasteiger partial charge in [0.2, 0.25) is 0 Å². The quantitative estimate of drug-likeness (QED) is 0.357. The van der Waals surface area contributed by atoms with Crippen molar-refractivity contribution in [2.75, 3.05) is 6.61 Å². The third-order valence-electron chi connectivity index (χ3n) is 3.33. The number of nitrogens with one attached hydrogen (secondary N) is 1. The van der Waals surface area contributed by atoms with Crippen LogP contribution in [0, 0.1) is 0 Å². The largest absolute Gasteiger partial charge is 0.466 e. The Morgan fingerprint density at radius 3 is 1.83 bits per heavy atom. The van der Waals surface area contributed by atoms with Crippen molar-refractivity contribution in [1.82, 2.24) is 5.32 Å². The van der Waals surface area contributed by atoms with Gasteiger partial charge in [0.1, 0.15) is 0 Å². The standard InChI is InChI=1S/C14H28O2.C4H3NO2/c1-3-5-6-7-8-9-10-11-12-14(15)16-13-4-2;6-3-1-2-4(7)5-3/h3-13H2,1-2H3;1-2H,(H,5,6,7). The van der Waals surface area contributed by atoms with E-state index in [4.69, 9.17) is 4.74 Å². The average Bonchev–Trinajstić information content (AvgIpc) is 2.91. The van der Waals surface area contributed by atoms with Gasteiger partial charge in [-0.15, -0.1) is 0 Å². The van der Waals surface area contributed by atoms with Crippen LogP contribution in [-0.2, 0) is 19.1 Å². The number of amides is 2. The van der Waals surface area contributed by atoms with Gasteiger partial charge in [0.05, 0.1) is 6.61 Å². The third kappa shape index (κ3) is 15.0. The molecular weight excluding hydrogens is 294 g/mol. The van der Waals surface area contributed by atoms with Crippen LogP contribution in [0.3, 0.4) is 0 Å². The Balaban J connectivity index is 0.000000568. The summed E-state index contributed by atoms with van der Waals surface area (Å²) < 4.78 is 5.01. The molecule has 0 aromatic carbocycles. The lowest BCUT2D eigenvalue weighted by Gasteiger charge is -2.03. The van der Waals surface area contributed by atoms with Crippen LogP contribution in [-0.4, -0.2) is 24.4 Å². The first-order chi connectivity index (χ1) is 11.1. The molecule has 0 radical (unpaired) electrons. The zero-order chi connectivity index (χ0) is 17.3. The molecule has 1 N–H and O–H groups in total. The summed E-state index contributed by atoms with van der Waals surface area (Å²) in [7, 11) is 0. The SMILES string of the molecule is CCCCCCCCCCC(=O)OCCC.O=C1C=CC(=O)N1. The topological polar surface area (TPSA) is 72.5 Å². The van der Waals surface area contributed by atoms with Gasteiger partial charge in [0.25, 0.3) is 11.8 Å². The van der Waals surface area contributed by atoms with E-state index < -0.39 is 0 Å². The first kappa shape index (κ1) is 21.4. The minimum absolute atomic E-state index is 0.0205. The number of carbonyl (C=O) groups is 3. The van der Waals surface area contributed by atoms with Crippen LogP contribution in [0.1, 0.15) is 78.1 Å². The fraction of sp³-hybridized carbons (Fsp3) is 0.722. The molecule has 1 rings (SSSR count). The molecular formula is C18H31NO4. The van der Waals surface area contributed by atoms with Crippen molar-refractivity contribution in [2.45, 2.75) is 78.1 Å². The maximum absolute atomic E-state index is 11.2. The van der Waals surface area contributed by atoms with Crippen LogP contribution < -0.4 is 5.32 Å². The number of ether oxygens (including phenoxy) is 1. The summed E-state index contributed by atoms with van der Waals surface area (Å²) in [5.41, 5.74) is 0. The first-order valence-corrected chi connectivity index (χ1v) is 8.78. The molecule has 0 fully saturated rings. The van der Waals surface area contributed by atoms with Crippen LogP contribution in [0.2, 0.25) is 0 Å². The summed E-state index contributed by atoms with van der Waals surface area (Å²) in [6.45, 7) is 4.83. The predicted molar refractivity (Wildman–Crippen MR) is 90.8 cm³/mol. The Kier molecular flexibility index (Phi) is 14.2. The van der Waals surface area contributed by atoms with Crippen molar-refractivity contribution in [3.05, 3.63) is 12.2 Å². The Morgan fingerprint density at radius 2 is 1.39 bits per heavy atom.